The van der Waals surface area contributed by atoms with Gasteiger partial charge in [-0.3, -0.25) is 9.78 Å². The molecule has 0 aliphatic heterocycles. The van der Waals surface area contributed by atoms with Crippen LogP contribution in [0.15, 0.2) is 29.4 Å². The highest BCUT2D eigenvalue weighted by Gasteiger charge is 2.03. The lowest BCUT2D eigenvalue weighted by Gasteiger charge is -1.92. The Labute approximate surface area is 82.3 Å². The van der Waals surface area contributed by atoms with Crippen molar-refractivity contribution in [2.45, 2.75) is 11.8 Å². The summed E-state index contributed by atoms with van der Waals surface area (Å²) in [6, 6.07) is 3.11. The van der Waals surface area contributed by atoms with Crippen molar-refractivity contribution in [2.75, 3.05) is 6.26 Å². The highest BCUT2D eigenvalue weighted by atomic mass is 32.2. The quantitative estimate of drug-likeness (QED) is 0.743. The summed E-state index contributed by atoms with van der Waals surface area (Å²) in [7, 11) is -3.07. The summed E-state index contributed by atoms with van der Waals surface area (Å²) in [5.74, 6) is -0.833. The Balaban J connectivity index is 0.000000364. The second-order valence-corrected chi connectivity index (χ2v) is 4.50. The molecule has 1 N–H and O–H groups in total. The maximum atomic E-state index is 10.8. The van der Waals surface area contributed by atoms with Crippen molar-refractivity contribution in [3.63, 3.8) is 0 Å². The minimum absolute atomic E-state index is 0.259. The van der Waals surface area contributed by atoms with Gasteiger partial charge in [-0.25, -0.2) is 8.42 Å². The Bertz CT molecular complexity index is 381. The molecular formula is C8H11NO4S. The van der Waals surface area contributed by atoms with E-state index < -0.39 is 15.8 Å². The lowest BCUT2D eigenvalue weighted by molar-refractivity contribution is -0.134. The summed E-state index contributed by atoms with van der Waals surface area (Å²) >= 11 is 0. The third-order valence-electron chi connectivity index (χ3n) is 1.06. The number of carbonyl (C=O) groups is 1. The maximum Gasteiger partial charge on any atom is 0.300 e. The van der Waals surface area contributed by atoms with Gasteiger partial charge in [0.25, 0.3) is 5.97 Å². The van der Waals surface area contributed by atoms with Crippen molar-refractivity contribution in [1.29, 1.82) is 0 Å². The average Bonchev–Trinajstić information content (AvgIpc) is 2.03. The summed E-state index contributed by atoms with van der Waals surface area (Å²) < 4.78 is 21.6. The zero-order chi connectivity index (χ0) is 11.2. The zero-order valence-electron chi connectivity index (χ0n) is 7.84. The predicted octanol–water partition coefficient (Wildman–Crippen LogP) is 0.576. The Morgan fingerprint density at radius 1 is 1.50 bits per heavy atom. The summed E-state index contributed by atoms with van der Waals surface area (Å²) in [5, 5.41) is 7.42. The van der Waals surface area contributed by atoms with Gasteiger partial charge in [0.2, 0.25) is 0 Å². The number of nitrogens with zero attached hydrogens (tertiary/aromatic N) is 1. The Hall–Kier alpha value is -1.43. The first-order valence-electron chi connectivity index (χ1n) is 3.63. The molecule has 6 heteroatoms. The lowest BCUT2D eigenvalue weighted by Crippen LogP contribution is -1.96. The highest BCUT2D eigenvalue weighted by molar-refractivity contribution is 7.90. The van der Waals surface area contributed by atoms with E-state index in [-0.39, 0.29) is 4.90 Å². The molecule has 0 radical (unpaired) electrons. The minimum Gasteiger partial charge on any atom is -0.481 e. The van der Waals surface area contributed by atoms with Gasteiger partial charge in [0, 0.05) is 25.6 Å². The van der Waals surface area contributed by atoms with Crippen LogP contribution in [0.2, 0.25) is 0 Å². The van der Waals surface area contributed by atoms with Crippen LogP contribution in [0.25, 0.3) is 0 Å². The molecule has 0 bridgehead atoms. The third-order valence-corrected chi connectivity index (χ3v) is 2.16. The molecule has 0 aromatic carbocycles. The highest BCUT2D eigenvalue weighted by Crippen LogP contribution is 2.03. The first kappa shape index (κ1) is 12.6. The number of aliphatic carboxylic acids is 1. The SMILES string of the molecule is CC(=O)O.CS(=O)(=O)c1cccnc1. The van der Waals surface area contributed by atoms with Crippen LogP contribution in [-0.4, -0.2) is 30.7 Å². The number of aromatic nitrogens is 1. The maximum absolute atomic E-state index is 10.8. The number of carboxylic acids is 1. The largest absolute Gasteiger partial charge is 0.481 e. The van der Waals surface area contributed by atoms with Crippen LogP contribution in [0.3, 0.4) is 0 Å². The van der Waals surface area contributed by atoms with E-state index in [1.165, 1.54) is 18.5 Å². The molecule has 0 fully saturated rings. The molecule has 1 heterocycles. The fraction of sp³-hybridized carbons (Fsp3) is 0.250. The van der Waals surface area contributed by atoms with E-state index in [1.807, 2.05) is 0 Å². The molecule has 0 amide bonds. The molecule has 0 aliphatic rings. The van der Waals surface area contributed by atoms with Gasteiger partial charge >= 0.3 is 0 Å². The molecule has 0 saturated carbocycles. The van der Waals surface area contributed by atoms with Crippen molar-refractivity contribution in [3.05, 3.63) is 24.5 Å². The molecule has 14 heavy (non-hydrogen) atoms. The summed E-state index contributed by atoms with van der Waals surface area (Å²) in [5.41, 5.74) is 0. The molecule has 1 rings (SSSR count). The summed E-state index contributed by atoms with van der Waals surface area (Å²) in [6.07, 6.45) is 4.02. The number of rotatable bonds is 1. The van der Waals surface area contributed by atoms with Crippen LogP contribution in [-0.2, 0) is 14.6 Å². The molecule has 0 atom stereocenters. The normalized spacial score (nSPS) is 9.86. The van der Waals surface area contributed by atoms with E-state index in [0.717, 1.165) is 13.2 Å². The molecule has 1 aromatic rings. The number of pyridine rings is 1. The number of hydrogen-bond acceptors (Lipinski definition) is 4. The second kappa shape index (κ2) is 5.33. The van der Waals surface area contributed by atoms with Gasteiger partial charge in [-0.2, -0.15) is 0 Å². The first-order valence-corrected chi connectivity index (χ1v) is 5.53. The third kappa shape index (κ3) is 6.13. The minimum atomic E-state index is -3.07. The van der Waals surface area contributed by atoms with Crippen molar-refractivity contribution in [3.8, 4) is 0 Å². The Kier molecular flexibility index (Phi) is 4.79. The van der Waals surface area contributed by atoms with E-state index in [4.69, 9.17) is 9.90 Å². The molecule has 0 spiro atoms. The van der Waals surface area contributed by atoms with E-state index >= 15 is 0 Å². The topological polar surface area (TPSA) is 84.3 Å². The van der Waals surface area contributed by atoms with Crippen LogP contribution in [0, 0.1) is 0 Å². The van der Waals surface area contributed by atoms with Gasteiger partial charge in [-0.15, -0.1) is 0 Å². The standard InChI is InChI=1S/C6H7NO2S.C2H4O2/c1-10(8,9)6-3-2-4-7-5-6;1-2(3)4/h2-5H,1H3;1H3,(H,3,4). The number of sulfone groups is 1. The summed E-state index contributed by atoms with van der Waals surface area (Å²) in [6.45, 7) is 1.08. The Morgan fingerprint density at radius 3 is 2.21 bits per heavy atom. The lowest BCUT2D eigenvalue weighted by atomic mass is 10.5. The molecule has 78 valence electrons. The zero-order valence-corrected chi connectivity index (χ0v) is 8.65. The first-order chi connectivity index (χ1) is 6.34. The van der Waals surface area contributed by atoms with Crippen molar-refractivity contribution in [2.24, 2.45) is 0 Å². The van der Waals surface area contributed by atoms with Crippen LogP contribution >= 0.6 is 0 Å². The van der Waals surface area contributed by atoms with Crippen LogP contribution in [0.4, 0.5) is 0 Å². The van der Waals surface area contributed by atoms with Crippen molar-refractivity contribution >= 4 is 15.8 Å². The summed E-state index contributed by atoms with van der Waals surface area (Å²) in [4.78, 5) is 12.9. The van der Waals surface area contributed by atoms with E-state index in [2.05, 4.69) is 4.98 Å². The van der Waals surface area contributed by atoms with Crippen molar-refractivity contribution < 1.29 is 18.3 Å². The van der Waals surface area contributed by atoms with E-state index in [0.29, 0.717) is 0 Å². The number of carboxylic acid groups (broad SMARTS) is 1. The van der Waals surface area contributed by atoms with Crippen LogP contribution in [0.1, 0.15) is 6.92 Å². The molecule has 0 saturated heterocycles. The van der Waals surface area contributed by atoms with Crippen LogP contribution in [0.5, 0.6) is 0 Å². The molecule has 0 aliphatic carbocycles. The monoisotopic (exact) mass is 217 g/mol. The average molecular weight is 217 g/mol. The van der Waals surface area contributed by atoms with Gasteiger partial charge in [-0.05, 0) is 12.1 Å². The van der Waals surface area contributed by atoms with Gasteiger partial charge in [0.15, 0.2) is 9.84 Å². The number of hydrogen-bond donors (Lipinski definition) is 1. The van der Waals surface area contributed by atoms with Gasteiger partial charge in [0.1, 0.15) is 0 Å². The van der Waals surface area contributed by atoms with E-state index in [9.17, 15) is 8.42 Å². The Morgan fingerprint density at radius 2 is 2.00 bits per heavy atom. The molecule has 0 unspecified atom stereocenters. The van der Waals surface area contributed by atoms with Gasteiger partial charge in [0.05, 0.1) is 4.90 Å². The van der Waals surface area contributed by atoms with Crippen LogP contribution < -0.4 is 0 Å². The van der Waals surface area contributed by atoms with Gasteiger partial charge < -0.3 is 5.11 Å². The molecular weight excluding hydrogens is 206 g/mol. The van der Waals surface area contributed by atoms with Crippen molar-refractivity contribution in [1.82, 2.24) is 4.98 Å². The second-order valence-electron chi connectivity index (χ2n) is 2.48. The predicted molar refractivity (Wildman–Crippen MR) is 50.7 cm³/mol. The fourth-order valence-electron chi connectivity index (χ4n) is 0.566. The van der Waals surface area contributed by atoms with Gasteiger partial charge in [-0.1, -0.05) is 0 Å². The molecule has 5 nitrogen and oxygen atoms in total. The fourth-order valence-corrected chi connectivity index (χ4v) is 1.14. The van der Waals surface area contributed by atoms with E-state index in [1.54, 1.807) is 6.07 Å². The molecule has 1 aromatic heterocycles. The smallest absolute Gasteiger partial charge is 0.300 e.